The van der Waals surface area contributed by atoms with Gasteiger partial charge in [0.25, 0.3) is 0 Å². The second kappa shape index (κ2) is 6.53. The average molecular weight is 261 g/mol. The molecule has 0 heterocycles. The van der Waals surface area contributed by atoms with Gasteiger partial charge in [0.15, 0.2) is 0 Å². The summed E-state index contributed by atoms with van der Waals surface area (Å²) in [7, 11) is 3.91. The van der Waals surface area contributed by atoms with E-state index in [-0.39, 0.29) is 5.60 Å². The van der Waals surface area contributed by atoms with Crippen molar-refractivity contribution in [3.05, 3.63) is 35.4 Å². The summed E-state index contributed by atoms with van der Waals surface area (Å²) in [5.74, 6) is 0. The zero-order chi connectivity index (χ0) is 13.7. The third-order valence-electron chi connectivity index (χ3n) is 4.52. The van der Waals surface area contributed by atoms with Crippen molar-refractivity contribution >= 4 is 0 Å². The summed E-state index contributed by atoms with van der Waals surface area (Å²) in [6.45, 7) is 2.22. The first-order chi connectivity index (χ1) is 9.25. The number of ether oxygens (including phenoxy) is 1. The van der Waals surface area contributed by atoms with Crippen molar-refractivity contribution in [1.82, 2.24) is 5.32 Å². The molecule has 0 bridgehead atoms. The molecule has 2 rings (SSSR count). The highest BCUT2D eigenvalue weighted by Gasteiger charge is 2.41. The minimum atomic E-state index is -0.0129. The molecule has 1 aliphatic carbocycles. The van der Waals surface area contributed by atoms with Crippen molar-refractivity contribution in [1.29, 1.82) is 0 Å². The van der Waals surface area contributed by atoms with Crippen molar-refractivity contribution in [3.63, 3.8) is 0 Å². The Labute approximate surface area is 117 Å². The molecule has 0 spiro atoms. The molecular formula is C17H27NO. The predicted octanol–water partition coefficient (Wildman–Crippen LogP) is 3.86. The van der Waals surface area contributed by atoms with Crippen LogP contribution in [0.15, 0.2) is 24.3 Å². The molecule has 0 amide bonds. The van der Waals surface area contributed by atoms with E-state index in [9.17, 15) is 0 Å². The van der Waals surface area contributed by atoms with Crippen molar-refractivity contribution in [2.45, 2.75) is 57.1 Å². The zero-order valence-corrected chi connectivity index (χ0v) is 12.5. The molecule has 2 nitrogen and oxygen atoms in total. The second-order valence-corrected chi connectivity index (χ2v) is 5.69. The van der Waals surface area contributed by atoms with E-state index in [1.165, 1.54) is 36.8 Å². The van der Waals surface area contributed by atoms with Crippen molar-refractivity contribution < 1.29 is 4.74 Å². The first-order valence-corrected chi connectivity index (χ1v) is 7.57. The van der Waals surface area contributed by atoms with E-state index in [0.29, 0.717) is 6.04 Å². The molecular weight excluding hydrogens is 234 g/mol. The predicted molar refractivity (Wildman–Crippen MR) is 80.4 cm³/mol. The molecule has 1 fully saturated rings. The molecule has 1 aromatic carbocycles. The second-order valence-electron chi connectivity index (χ2n) is 5.69. The molecule has 1 N–H and O–H groups in total. The lowest BCUT2D eigenvalue weighted by molar-refractivity contribution is -0.0349. The summed E-state index contributed by atoms with van der Waals surface area (Å²) in [5.41, 5.74) is 2.77. The highest BCUT2D eigenvalue weighted by Crippen LogP contribution is 2.42. The Bertz CT molecular complexity index is 379. The molecule has 1 aliphatic rings. The molecule has 0 radical (unpaired) electrons. The number of methoxy groups -OCH3 is 1. The van der Waals surface area contributed by atoms with Gasteiger partial charge in [-0.1, -0.05) is 50.5 Å². The average Bonchev–Trinajstić information content (AvgIpc) is 2.92. The molecule has 0 aliphatic heterocycles. The third kappa shape index (κ3) is 3.01. The van der Waals surface area contributed by atoms with E-state index in [4.69, 9.17) is 4.74 Å². The molecule has 1 atom stereocenters. The van der Waals surface area contributed by atoms with E-state index >= 15 is 0 Å². The van der Waals surface area contributed by atoms with Gasteiger partial charge in [0.05, 0.1) is 11.6 Å². The van der Waals surface area contributed by atoms with Crippen LogP contribution in [0, 0.1) is 0 Å². The van der Waals surface area contributed by atoms with Crippen LogP contribution in [-0.2, 0) is 11.2 Å². The van der Waals surface area contributed by atoms with E-state index in [2.05, 4.69) is 36.5 Å². The maximum absolute atomic E-state index is 5.92. The number of hydrogen-bond acceptors (Lipinski definition) is 2. The van der Waals surface area contributed by atoms with Crippen LogP contribution in [-0.4, -0.2) is 19.8 Å². The first kappa shape index (κ1) is 14.5. The fourth-order valence-electron chi connectivity index (χ4n) is 3.48. The van der Waals surface area contributed by atoms with Crippen LogP contribution in [0.5, 0.6) is 0 Å². The van der Waals surface area contributed by atoms with E-state index < -0.39 is 0 Å². The van der Waals surface area contributed by atoms with E-state index in [0.717, 1.165) is 12.8 Å². The highest BCUT2D eigenvalue weighted by molar-refractivity contribution is 5.27. The maximum atomic E-state index is 5.92. The van der Waals surface area contributed by atoms with Crippen molar-refractivity contribution in [3.8, 4) is 0 Å². The Morgan fingerprint density at radius 1 is 1.21 bits per heavy atom. The van der Waals surface area contributed by atoms with Crippen LogP contribution >= 0.6 is 0 Å². The van der Waals surface area contributed by atoms with E-state index in [1.807, 2.05) is 14.2 Å². The summed E-state index contributed by atoms with van der Waals surface area (Å²) >= 11 is 0. The normalized spacial score (nSPS) is 19.5. The molecule has 1 saturated carbocycles. The number of hydrogen-bond donors (Lipinski definition) is 1. The van der Waals surface area contributed by atoms with Gasteiger partial charge in [-0.25, -0.2) is 0 Å². The monoisotopic (exact) mass is 261 g/mol. The number of rotatable bonds is 6. The van der Waals surface area contributed by atoms with Gasteiger partial charge in [-0.15, -0.1) is 0 Å². The lowest BCUT2D eigenvalue weighted by Crippen LogP contribution is -2.42. The van der Waals surface area contributed by atoms with Gasteiger partial charge >= 0.3 is 0 Å². The summed E-state index contributed by atoms with van der Waals surface area (Å²) < 4.78 is 5.92. The Morgan fingerprint density at radius 2 is 1.84 bits per heavy atom. The zero-order valence-electron chi connectivity index (χ0n) is 12.5. The standard InChI is InChI=1S/C17H27NO/c1-4-7-14-8-10-15(11-9-14)16(18-2)17(19-3)12-5-6-13-17/h8-11,16,18H,4-7,12-13H2,1-3H3. The molecule has 0 saturated heterocycles. The van der Waals surface area contributed by atoms with Gasteiger partial charge in [-0.2, -0.15) is 0 Å². The number of aryl methyl sites for hydroxylation is 1. The summed E-state index contributed by atoms with van der Waals surface area (Å²) in [6.07, 6.45) is 7.24. The lowest BCUT2D eigenvalue weighted by Gasteiger charge is -2.36. The Balaban J connectivity index is 2.21. The minimum absolute atomic E-state index is 0.0129. The van der Waals surface area contributed by atoms with Crippen LogP contribution in [0.25, 0.3) is 0 Å². The van der Waals surface area contributed by atoms with Crippen LogP contribution < -0.4 is 5.32 Å². The summed E-state index contributed by atoms with van der Waals surface area (Å²) in [6, 6.07) is 9.37. The molecule has 1 aromatic rings. The largest absolute Gasteiger partial charge is 0.376 e. The Morgan fingerprint density at radius 3 is 2.32 bits per heavy atom. The summed E-state index contributed by atoms with van der Waals surface area (Å²) in [5, 5.41) is 3.48. The highest BCUT2D eigenvalue weighted by atomic mass is 16.5. The fraction of sp³-hybridized carbons (Fsp3) is 0.647. The van der Waals surface area contributed by atoms with Crippen LogP contribution in [0.3, 0.4) is 0 Å². The molecule has 2 heteroatoms. The topological polar surface area (TPSA) is 21.3 Å². The van der Waals surface area contributed by atoms with E-state index in [1.54, 1.807) is 0 Å². The van der Waals surface area contributed by atoms with Gasteiger partial charge in [0, 0.05) is 7.11 Å². The number of benzene rings is 1. The fourth-order valence-corrected chi connectivity index (χ4v) is 3.48. The maximum Gasteiger partial charge on any atom is 0.0872 e. The Kier molecular flexibility index (Phi) is 5.00. The number of nitrogens with one attached hydrogen (secondary N) is 1. The van der Waals surface area contributed by atoms with Gasteiger partial charge in [0.1, 0.15) is 0 Å². The smallest absolute Gasteiger partial charge is 0.0872 e. The van der Waals surface area contributed by atoms with Gasteiger partial charge in [0.2, 0.25) is 0 Å². The van der Waals surface area contributed by atoms with Crippen LogP contribution in [0.1, 0.15) is 56.2 Å². The molecule has 0 aromatic heterocycles. The van der Waals surface area contributed by atoms with Gasteiger partial charge in [-0.05, 0) is 37.4 Å². The van der Waals surface area contributed by atoms with Crippen LogP contribution in [0.4, 0.5) is 0 Å². The van der Waals surface area contributed by atoms with Gasteiger partial charge in [-0.3, -0.25) is 0 Å². The van der Waals surface area contributed by atoms with Crippen molar-refractivity contribution in [2.24, 2.45) is 0 Å². The first-order valence-electron chi connectivity index (χ1n) is 7.57. The SMILES string of the molecule is CCCc1ccc(C(NC)C2(OC)CCCC2)cc1. The quantitative estimate of drug-likeness (QED) is 0.839. The summed E-state index contributed by atoms with van der Waals surface area (Å²) in [4.78, 5) is 0. The molecule has 19 heavy (non-hydrogen) atoms. The van der Waals surface area contributed by atoms with Crippen molar-refractivity contribution in [2.75, 3.05) is 14.2 Å². The molecule has 1 unspecified atom stereocenters. The Hall–Kier alpha value is -0.860. The van der Waals surface area contributed by atoms with Crippen LogP contribution in [0.2, 0.25) is 0 Å². The number of likely N-dealkylation sites (N-methyl/N-ethyl adjacent to an activating group) is 1. The minimum Gasteiger partial charge on any atom is -0.376 e. The molecule has 106 valence electrons. The third-order valence-corrected chi connectivity index (χ3v) is 4.52. The van der Waals surface area contributed by atoms with Gasteiger partial charge < -0.3 is 10.1 Å². The lowest BCUT2D eigenvalue weighted by atomic mass is 9.86.